The molecule has 4 aromatic rings. The second-order valence-electron chi connectivity index (χ2n) is 10.5. The SMILES string of the molecule is C=C/C(=C\C(=C/C)c1cc2c(-c3cc4c(C5=CCC=C5)cncc4[nH]3)n[nH]c2cn1)NC(=C)CC1CCNCC1. The van der Waals surface area contributed by atoms with Crippen LogP contribution in [0.2, 0.25) is 0 Å². The first-order valence-corrected chi connectivity index (χ1v) is 14.0. The Morgan fingerprint density at radius 2 is 2.00 bits per heavy atom. The predicted molar refractivity (Wildman–Crippen MR) is 165 cm³/mol. The Kier molecular flexibility index (Phi) is 7.29. The average Bonchev–Trinajstić information content (AvgIpc) is 3.74. The van der Waals surface area contributed by atoms with Crippen molar-refractivity contribution < 1.29 is 0 Å². The zero-order valence-corrected chi connectivity index (χ0v) is 22.9. The van der Waals surface area contributed by atoms with Gasteiger partial charge in [0.05, 0.1) is 34.8 Å². The smallest absolute Gasteiger partial charge is 0.116 e. The number of piperidine rings is 1. The fourth-order valence-electron chi connectivity index (χ4n) is 5.65. The number of hydrogen-bond donors (Lipinski definition) is 4. The number of allylic oxidation sites excluding steroid dienone is 9. The maximum atomic E-state index is 4.74. The molecular formula is C33H35N7. The molecule has 1 aliphatic heterocycles. The summed E-state index contributed by atoms with van der Waals surface area (Å²) in [7, 11) is 0. The number of H-pyrrole nitrogens is 2. The van der Waals surface area contributed by atoms with E-state index in [0.717, 1.165) is 87.3 Å². The normalized spacial score (nSPS) is 16.6. The zero-order valence-electron chi connectivity index (χ0n) is 22.9. The molecule has 5 heterocycles. The van der Waals surface area contributed by atoms with Gasteiger partial charge in [0, 0.05) is 33.9 Å². The first-order chi connectivity index (χ1) is 19.6. The minimum absolute atomic E-state index is 0.667. The average molecular weight is 530 g/mol. The first kappa shape index (κ1) is 25.8. The monoisotopic (exact) mass is 529 g/mol. The van der Waals surface area contributed by atoms with E-state index < -0.39 is 0 Å². The van der Waals surface area contributed by atoms with Crippen molar-refractivity contribution in [3.8, 4) is 11.4 Å². The van der Waals surface area contributed by atoms with Crippen LogP contribution in [0, 0.1) is 5.92 Å². The second-order valence-corrected chi connectivity index (χ2v) is 10.5. The van der Waals surface area contributed by atoms with Crippen LogP contribution in [0.15, 0.2) is 91.7 Å². The molecule has 1 fully saturated rings. The van der Waals surface area contributed by atoms with Crippen LogP contribution in [0.5, 0.6) is 0 Å². The Bertz CT molecular complexity index is 1700. The highest BCUT2D eigenvalue weighted by Crippen LogP contribution is 2.34. The maximum absolute atomic E-state index is 4.74. The number of aromatic amines is 2. The lowest BCUT2D eigenvalue weighted by Crippen LogP contribution is -2.28. The van der Waals surface area contributed by atoms with Crippen molar-refractivity contribution in [2.75, 3.05) is 13.1 Å². The molecule has 6 rings (SSSR count). The van der Waals surface area contributed by atoms with Gasteiger partial charge in [-0.2, -0.15) is 5.10 Å². The van der Waals surface area contributed by atoms with Crippen LogP contribution < -0.4 is 10.6 Å². The van der Waals surface area contributed by atoms with E-state index in [1.54, 1.807) is 0 Å². The first-order valence-electron chi connectivity index (χ1n) is 14.0. The fourth-order valence-corrected chi connectivity index (χ4v) is 5.65. The van der Waals surface area contributed by atoms with Crippen molar-refractivity contribution in [3.05, 3.63) is 103 Å². The van der Waals surface area contributed by atoms with Crippen LogP contribution in [-0.4, -0.2) is 38.2 Å². The standard InChI is InChI=1S/C33H35N7/c1-4-23(15-25(5-2)37-21(3)14-22-10-12-34-13-11-22)29-17-27-32(20-36-29)39-40-33(27)30-16-26-28(24-8-6-7-9-24)18-35-19-31(26)38-30/h4-6,8-9,15-20,22,34,37-38H,2-3,7,10-14H2,1H3,(H,39,40)/b23-4+,25-15+. The van der Waals surface area contributed by atoms with E-state index in [1.807, 2.05) is 31.6 Å². The number of fused-ring (bicyclic) bond motifs is 2. The molecular weight excluding hydrogens is 494 g/mol. The molecule has 4 aromatic heterocycles. The Morgan fingerprint density at radius 1 is 1.12 bits per heavy atom. The van der Waals surface area contributed by atoms with Crippen molar-refractivity contribution in [1.82, 2.24) is 35.8 Å². The van der Waals surface area contributed by atoms with Gasteiger partial charge in [0.1, 0.15) is 5.69 Å². The number of nitrogens with zero attached hydrogens (tertiary/aromatic N) is 3. The topological polar surface area (TPSA) is 94.3 Å². The molecule has 0 unspecified atom stereocenters. The van der Waals surface area contributed by atoms with Gasteiger partial charge in [0.25, 0.3) is 0 Å². The predicted octanol–water partition coefficient (Wildman–Crippen LogP) is 6.81. The van der Waals surface area contributed by atoms with Crippen LogP contribution in [0.25, 0.3) is 44.3 Å². The Hall–Kier alpha value is -4.49. The van der Waals surface area contributed by atoms with Crippen molar-refractivity contribution in [2.45, 2.75) is 32.6 Å². The summed E-state index contributed by atoms with van der Waals surface area (Å²) in [5, 5.41) is 16.9. The summed E-state index contributed by atoms with van der Waals surface area (Å²) in [4.78, 5) is 12.7. The minimum Gasteiger partial charge on any atom is -0.359 e. The van der Waals surface area contributed by atoms with Gasteiger partial charge in [-0.1, -0.05) is 37.5 Å². The zero-order chi connectivity index (χ0) is 27.5. The molecule has 4 N–H and O–H groups in total. The molecule has 0 amide bonds. The van der Waals surface area contributed by atoms with Gasteiger partial charge < -0.3 is 15.6 Å². The third-order valence-electron chi connectivity index (χ3n) is 7.78. The lowest BCUT2D eigenvalue weighted by atomic mass is 9.93. The van der Waals surface area contributed by atoms with E-state index in [0.29, 0.717) is 5.92 Å². The lowest BCUT2D eigenvalue weighted by Gasteiger charge is -2.24. The number of nitrogens with one attached hydrogen (secondary N) is 4. The molecule has 1 aliphatic carbocycles. The van der Waals surface area contributed by atoms with Crippen molar-refractivity contribution in [2.24, 2.45) is 5.92 Å². The molecule has 0 spiro atoms. The van der Waals surface area contributed by atoms with E-state index in [4.69, 9.17) is 4.98 Å². The van der Waals surface area contributed by atoms with Crippen LogP contribution in [0.1, 0.15) is 43.9 Å². The van der Waals surface area contributed by atoms with Crippen LogP contribution in [0.3, 0.4) is 0 Å². The van der Waals surface area contributed by atoms with Gasteiger partial charge >= 0.3 is 0 Å². The summed E-state index contributed by atoms with van der Waals surface area (Å²) in [5.41, 5.74) is 9.79. The van der Waals surface area contributed by atoms with Gasteiger partial charge in [-0.05, 0) is 87.0 Å². The largest absolute Gasteiger partial charge is 0.359 e. The van der Waals surface area contributed by atoms with E-state index in [1.165, 1.54) is 18.4 Å². The number of pyridine rings is 2. The summed E-state index contributed by atoms with van der Waals surface area (Å²) < 4.78 is 0. The molecule has 7 nitrogen and oxygen atoms in total. The molecule has 40 heavy (non-hydrogen) atoms. The van der Waals surface area contributed by atoms with Gasteiger partial charge in [-0.25, -0.2) is 0 Å². The molecule has 202 valence electrons. The van der Waals surface area contributed by atoms with E-state index >= 15 is 0 Å². The molecule has 1 saturated heterocycles. The molecule has 7 heteroatoms. The van der Waals surface area contributed by atoms with Crippen molar-refractivity contribution in [3.63, 3.8) is 0 Å². The minimum atomic E-state index is 0.667. The molecule has 0 aromatic carbocycles. The fraction of sp³-hybridized carbons (Fsp3) is 0.242. The Morgan fingerprint density at radius 3 is 2.77 bits per heavy atom. The molecule has 0 radical (unpaired) electrons. The molecule has 0 atom stereocenters. The lowest BCUT2D eigenvalue weighted by molar-refractivity contribution is 0.368. The third-order valence-corrected chi connectivity index (χ3v) is 7.78. The summed E-state index contributed by atoms with van der Waals surface area (Å²) in [6, 6.07) is 4.26. The van der Waals surface area contributed by atoms with E-state index in [-0.39, 0.29) is 0 Å². The van der Waals surface area contributed by atoms with Gasteiger partial charge in [0.2, 0.25) is 0 Å². The summed E-state index contributed by atoms with van der Waals surface area (Å²) in [6.07, 6.45) is 22.5. The van der Waals surface area contributed by atoms with Gasteiger partial charge in [-0.15, -0.1) is 0 Å². The van der Waals surface area contributed by atoms with Crippen LogP contribution in [-0.2, 0) is 0 Å². The third kappa shape index (κ3) is 5.20. The maximum Gasteiger partial charge on any atom is 0.116 e. The van der Waals surface area contributed by atoms with Crippen molar-refractivity contribution >= 4 is 33.0 Å². The summed E-state index contributed by atoms with van der Waals surface area (Å²) in [5.74, 6) is 0.667. The molecule has 2 aliphatic rings. The number of hydrogen-bond acceptors (Lipinski definition) is 5. The molecule has 0 saturated carbocycles. The van der Waals surface area contributed by atoms with Crippen LogP contribution >= 0.6 is 0 Å². The van der Waals surface area contributed by atoms with Crippen molar-refractivity contribution in [1.29, 1.82) is 0 Å². The Balaban J connectivity index is 1.29. The Labute approximate surface area is 234 Å². The highest BCUT2D eigenvalue weighted by atomic mass is 15.1. The quantitative estimate of drug-likeness (QED) is 0.179. The number of aromatic nitrogens is 5. The highest BCUT2D eigenvalue weighted by Gasteiger charge is 2.17. The van der Waals surface area contributed by atoms with Gasteiger partial charge in [-0.3, -0.25) is 15.1 Å². The molecule has 0 bridgehead atoms. The summed E-state index contributed by atoms with van der Waals surface area (Å²) in [6.45, 7) is 12.5. The van der Waals surface area contributed by atoms with Gasteiger partial charge in [0.15, 0.2) is 0 Å². The summed E-state index contributed by atoms with van der Waals surface area (Å²) >= 11 is 0. The van der Waals surface area contributed by atoms with E-state index in [9.17, 15) is 0 Å². The number of rotatable bonds is 9. The van der Waals surface area contributed by atoms with Crippen LogP contribution in [0.4, 0.5) is 0 Å². The second kappa shape index (κ2) is 11.3. The van der Waals surface area contributed by atoms with E-state index in [2.05, 4.69) is 86.5 Å². The highest BCUT2D eigenvalue weighted by molar-refractivity contribution is 6.00.